The molecule has 1 N–H and O–H groups in total. The van der Waals surface area contributed by atoms with E-state index in [1.54, 1.807) is 0 Å². The molecule has 4 nitrogen and oxygen atoms in total. The molecule has 0 fully saturated rings. The van der Waals surface area contributed by atoms with Crippen LogP contribution >= 0.6 is 0 Å². The van der Waals surface area contributed by atoms with Crippen LogP contribution in [0, 0.1) is 0 Å². The van der Waals surface area contributed by atoms with Crippen LogP contribution in [0.25, 0.3) is 0 Å². The van der Waals surface area contributed by atoms with E-state index in [4.69, 9.17) is 4.74 Å². The van der Waals surface area contributed by atoms with E-state index in [-0.39, 0.29) is 12.5 Å². The normalized spacial score (nSPS) is 8.82. The summed E-state index contributed by atoms with van der Waals surface area (Å²) in [5, 5.41) is 2.22. The third-order valence-corrected chi connectivity index (χ3v) is 1.09. The highest BCUT2D eigenvalue weighted by Crippen LogP contribution is 1.87. The summed E-state index contributed by atoms with van der Waals surface area (Å²) in [6, 6.07) is 0. The molecule has 0 aliphatic rings. The summed E-state index contributed by atoms with van der Waals surface area (Å²) in [6.07, 6.45) is 2.34. The molecular formula is C7H13NO3. The van der Waals surface area contributed by atoms with Gasteiger partial charge in [0.25, 0.3) is 0 Å². The van der Waals surface area contributed by atoms with E-state index < -0.39 is 0 Å². The Morgan fingerprint density at radius 2 is 2.36 bits per heavy atom. The Kier molecular flexibility index (Phi) is 6.37. The lowest BCUT2D eigenvalue weighted by atomic mass is 10.4. The van der Waals surface area contributed by atoms with Gasteiger partial charge in [-0.2, -0.15) is 0 Å². The molecule has 0 saturated heterocycles. The highest BCUT2D eigenvalue weighted by molar-refractivity contribution is 5.73. The van der Waals surface area contributed by atoms with Gasteiger partial charge in [0.2, 0.25) is 6.41 Å². The van der Waals surface area contributed by atoms with Gasteiger partial charge in [-0.15, -0.1) is 0 Å². The summed E-state index contributed by atoms with van der Waals surface area (Å²) in [5.41, 5.74) is 0. The van der Waals surface area contributed by atoms with E-state index >= 15 is 0 Å². The van der Waals surface area contributed by atoms with Gasteiger partial charge in [0.1, 0.15) is 6.54 Å². The first-order valence-corrected chi connectivity index (χ1v) is 3.64. The predicted octanol–water partition coefficient (Wildman–Crippen LogP) is 0.0757. The molecule has 0 bridgehead atoms. The van der Waals surface area contributed by atoms with E-state index in [9.17, 15) is 9.59 Å². The van der Waals surface area contributed by atoms with Gasteiger partial charge in [-0.1, -0.05) is 13.3 Å². The third kappa shape index (κ3) is 6.83. The van der Waals surface area contributed by atoms with Crippen LogP contribution < -0.4 is 5.32 Å². The quantitative estimate of drug-likeness (QED) is 0.339. The number of rotatable bonds is 6. The molecule has 0 rings (SSSR count). The van der Waals surface area contributed by atoms with Crippen LogP contribution in [0.1, 0.15) is 19.8 Å². The van der Waals surface area contributed by atoms with Gasteiger partial charge in [-0.25, -0.2) is 0 Å². The summed E-state index contributed by atoms with van der Waals surface area (Å²) in [6.45, 7) is 2.42. The van der Waals surface area contributed by atoms with Gasteiger partial charge < -0.3 is 10.1 Å². The first kappa shape index (κ1) is 9.94. The molecular weight excluding hydrogens is 146 g/mol. The number of carbonyl (C=O) groups is 2. The van der Waals surface area contributed by atoms with Gasteiger partial charge in [0, 0.05) is 0 Å². The number of carbonyl (C=O) groups excluding carboxylic acids is 2. The van der Waals surface area contributed by atoms with Crippen molar-refractivity contribution in [2.24, 2.45) is 0 Å². The molecule has 0 spiro atoms. The number of unbranched alkanes of at least 4 members (excludes halogenated alkanes) is 1. The second kappa shape index (κ2) is 7.05. The second-order valence-electron chi connectivity index (χ2n) is 2.07. The van der Waals surface area contributed by atoms with Crippen molar-refractivity contribution in [3.8, 4) is 0 Å². The van der Waals surface area contributed by atoms with Crippen molar-refractivity contribution >= 4 is 12.4 Å². The minimum atomic E-state index is -0.384. The lowest BCUT2D eigenvalue weighted by molar-refractivity contribution is -0.143. The van der Waals surface area contributed by atoms with Crippen molar-refractivity contribution in [3.63, 3.8) is 0 Å². The highest BCUT2D eigenvalue weighted by Gasteiger charge is 1.98. The zero-order chi connectivity index (χ0) is 8.53. The Morgan fingerprint density at radius 3 is 2.91 bits per heavy atom. The molecule has 4 heteroatoms. The SMILES string of the molecule is CCCCOC(=O)CNC=O. The van der Waals surface area contributed by atoms with Crippen molar-refractivity contribution in [2.75, 3.05) is 13.2 Å². The van der Waals surface area contributed by atoms with Gasteiger partial charge in [-0.3, -0.25) is 9.59 Å². The largest absolute Gasteiger partial charge is 0.464 e. The maximum atomic E-state index is 10.6. The van der Waals surface area contributed by atoms with Gasteiger partial charge in [-0.05, 0) is 6.42 Å². The summed E-state index contributed by atoms with van der Waals surface area (Å²) in [4.78, 5) is 20.4. The van der Waals surface area contributed by atoms with Gasteiger partial charge in [0.05, 0.1) is 6.61 Å². The second-order valence-corrected chi connectivity index (χ2v) is 2.07. The van der Waals surface area contributed by atoms with Gasteiger partial charge in [0.15, 0.2) is 0 Å². The van der Waals surface area contributed by atoms with Crippen LogP contribution in [0.2, 0.25) is 0 Å². The number of hydrogen-bond acceptors (Lipinski definition) is 3. The summed E-state index contributed by atoms with van der Waals surface area (Å²) >= 11 is 0. The van der Waals surface area contributed by atoms with Crippen molar-refractivity contribution < 1.29 is 14.3 Å². The number of hydrogen-bond donors (Lipinski definition) is 1. The summed E-state index contributed by atoms with van der Waals surface area (Å²) < 4.78 is 4.72. The van der Waals surface area contributed by atoms with E-state index in [2.05, 4.69) is 5.32 Å². The number of esters is 1. The Morgan fingerprint density at radius 1 is 1.64 bits per heavy atom. The molecule has 0 aromatic heterocycles. The summed E-state index contributed by atoms with van der Waals surface area (Å²) in [5.74, 6) is -0.384. The van der Waals surface area contributed by atoms with Crippen LogP contribution in [0.3, 0.4) is 0 Å². The minimum Gasteiger partial charge on any atom is -0.464 e. The van der Waals surface area contributed by atoms with E-state index in [1.165, 1.54) is 0 Å². The van der Waals surface area contributed by atoms with E-state index in [0.29, 0.717) is 13.0 Å². The number of ether oxygens (including phenoxy) is 1. The van der Waals surface area contributed by atoms with Crippen LogP contribution in [-0.4, -0.2) is 25.5 Å². The molecule has 0 unspecified atom stereocenters. The first-order valence-electron chi connectivity index (χ1n) is 3.64. The maximum absolute atomic E-state index is 10.6. The fourth-order valence-electron chi connectivity index (χ4n) is 0.506. The molecule has 0 radical (unpaired) electrons. The Balaban J connectivity index is 3.15. The fourth-order valence-corrected chi connectivity index (χ4v) is 0.506. The molecule has 0 aromatic rings. The average molecular weight is 159 g/mol. The summed E-state index contributed by atoms with van der Waals surface area (Å²) in [7, 11) is 0. The van der Waals surface area contributed by atoms with Crippen molar-refractivity contribution in [2.45, 2.75) is 19.8 Å². The fraction of sp³-hybridized carbons (Fsp3) is 0.714. The lowest BCUT2D eigenvalue weighted by Gasteiger charge is -2.01. The Bertz CT molecular complexity index is 125. The van der Waals surface area contributed by atoms with Gasteiger partial charge >= 0.3 is 5.97 Å². The maximum Gasteiger partial charge on any atom is 0.325 e. The molecule has 0 saturated carbocycles. The van der Waals surface area contributed by atoms with Crippen molar-refractivity contribution in [1.29, 1.82) is 0 Å². The van der Waals surface area contributed by atoms with Crippen LogP contribution in [0.5, 0.6) is 0 Å². The Hall–Kier alpha value is -1.06. The van der Waals surface area contributed by atoms with Crippen LogP contribution in [0.4, 0.5) is 0 Å². The zero-order valence-corrected chi connectivity index (χ0v) is 6.63. The highest BCUT2D eigenvalue weighted by atomic mass is 16.5. The number of amides is 1. The molecule has 11 heavy (non-hydrogen) atoms. The van der Waals surface area contributed by atoms with E-state index in [0.717, 1.165) is 12.8 Å². The lowest BCUT2D eigenvalue weighted by Crippen LogP contribution is -2.23. The predicted molar refractivity (Wildman–Crippen MR) is 39.9 cm³/mol. The molecule has 1 amide bonds. The topological polar surface area (TPSA) is 55.4 Å². The molecule has 0 heterocycles. The Labute approximate surface area is 65.9 Å². The molecule has 0 aromatic carbocycles. The number of nitrogens with one attached hydrogen (secondary N) is 1. The average Bonchev–Trinajstić information content (AvgIpc) is 2.01. The minimum absolute atomic E-state index is 0.0345. The van der Waals surface area contributed by atoms with E-state index in [1.807, 2.05) is 6.92 Å². The molecule has 64 valence electrons. The molecule has 0 aliphatic heterocycles. The third-order valence-electron chi connectivity index (χ3n) is 1.09. The van der Waals surface area contributed by atoms with Crippen molar-refractivity contribution in [1.82, 2.24) is 5.32 Å². The first-order chi connectivity index (χ1) is 5.31. The van der Waals surface area contributed by atoms with Crippen LogP contribution in [-0.2, 0) is 14.3 Å². The standard InChI is InChI=1S/C7H13NO3/c1-2-3-4-11-7(10)5-8-6-9/h6H,2-5H2,1H3,(H,8,9). The smallest absolute Gasteiger partial charge is 0.325 e. The molecule has 0 atom stereocenters. The van der Waals surface area contributed by atoms with Crippen molar-refractivity contribution in [3.05, 3.63) is 0 Å². The monoisotopic (exact) mass is 159 g/mol. The molecule has 0 aliphatic carbocycles. The van der Waals surface area contributed by atoms with Crippen LogP contribution in [0.15, 0.2) is 0 Å². The zero-order valence-electron chi connectivity index (χ0n) is 6.63.